The molecule has 4 rings (SSSR count). The molecule has 3 aromatic rings. The fraction of sp³-hybridized carbons (Fsp3) is 0.360. The quantitative estimate of drug-likeness (QED) is 0.318. The maximum absolute atomic E-state index is 10.7. The summed E-state index contributed by atoms with van der Waals surface area (Å²) < 4.78 is 11.6. The number of rotatable bonds is 8. The van der Waals surface area contributed by atoms with Gasteiger partial charge in [0.25, 0.3) is 0 Å². The van der Waals surface area contributed by atoms with Crippen LogP contribution in [0.15, 0.2) is 66.1 Å². The molecule has 0 radical (unpaired) electrons. The summed E-state index contributed by atoms with van der Waals surface area (Å²) in [5, 5.41) is 32.8. The largest absolute Gasteiger partial charge is 0.494 e. The summed E-state index contributed by atoms with van der Waals surface area (Å²) in [6.07, 6.45) is -1.58. The molecule has 0 spiro atoms. The summed E-state index contributed by atoms with van der Waals surface area (Å²) in [5.41, 5.74) is 2.60. The van der Waals surface area contributed by atoms with Crippen molar-refractivity contribution in [1.82, 2.24) is 9.97 Å². The molecule has 1 saturated heterocycles. The van der Waals surface area contributed by atoms with Crippen LogP contribution in [-0.4, -0.2) is 62.1 Å². The van der Waals surface area contributed by atoms with Crippen LogP contribution < -0.4 is 4.74 Å². The number of ether oxygens (including phenoxy) is 2. The van der Waals surface area contributed by atoms with E-state index in [2.05, 4.69) is 9.97 Å². The average molecular weight is 503 g/mol. The van der Waals surface area contributed by atoms with Gasteiger partial charge in [0, 0.05) is 23.2 Å². The summed E-state index contributed by atoms with van der Waals surface area (Å²) in [6, 6.07) is 14.9. The molecule has 2 aromatic carbocycles. The van der Waals surface area contributed by atoms with Crippen LogP contribution in [0.4, 0.5) is 0 Å². The van der Waals surface area contributed by atoms with E-state index in [1.165, 1.54) is 11.8 Å². The molecule has 34 heavy (non-hydrogen) atoms. The van der Waals surface area contributed by atoms with Gasteiger partial charge in [0.2, 0.25) is 0 Å². The first kappa shape index (κ1) is 24.9. The van der Waals surface area contributed by atoms with Crippen molar-refractivity contribution in [3.05, 3.63) is 82.6 Å². The van der Waals surface area contributed by atoms with Crippen molar-refractivity contribution in [3.63, 3.8) is 0 Å². The Kier molecular flexibility index (Phi) is 8.41. The average Bonchev–Trinajstić information content (AvgIpc) is 2.86. The van der Waals surface area contributed by atoms with E-state index in [0.717, 1.165) is 16.9 Å². The molecule has 7 nitrogen and oxygen atoms in total. The molecule has 5 atom stereocenters. The van der Waals surface area contributed by atoms with Gasteiger partial charge in [-0.15, -0.1) is 0 Å². The maximum atomic E-state index is 10.7. The third-order valence-corrected chi connectivity index (χ3v) is 6.99. The van der Waals surface area contributed by atoms with Gasteiger partial charge in [0.05, 0.1) is 12.7 Å². The van der Waals surface area contributed by atoms with Crippen LogP contribution in [0, 0.1) is 0 Å². The Balaban J connectivity index is 1.51. The van der Waals surface area contributed by atoms with Crippen molar-refractivity contribution < 1.29 is 24.8 Å². The molecule has 3 N–H and O–H groups in total. The van der Waals surface area contributed by atoms with Crippen LogP contribution in [0.5, 0.6) is 5.75 Å². The Morgan fingerprint density at radius 3 is 2.44 bits per heavy atom. The Bertz CT molecular complexity index is 1070. The van der Waals surface area contributed by atoms with E-state index in [0.29, 0.717) is 34.5 Å². The lowest BCUT2D eigenvalue weighted by molar-refractivity contribution is -0.218. The van der Waals surface area contributed by atoms with Crippen molar-refractivity contribution in [3.8, 4) is 5.75 Å². The minimum Gasteiger partial charge on any atom is -0.494 e. The number of thioether (sulfide) groups is 1. The first-order valence-corrected chi connectivity index (χ1v) is 12.4. The molecule has 2 heterocycles. The second-order valence-electron chi connectivity index (χ2n) is 8.01. The molecule has 0 amide bonds. The molecule has 1 aromatic heterocycles. The van der Waals surface area contributed by atoms with Crippen molar-refractivity contribution in [2.24, 2.45) is 0 Å². The highest BCUT2D eigenvalue weighted by Gasteiger charge is 2.44. The summed E-state index contributed by atoms with van der Waals surface area (Å²) in [4.78, 5) is 8.31. The predicted molar refractivity (Wildman–Crippen MR) is 130 cm³/mol. The number of benzene rings is 2. The van der Waals surface area contributed by atoms with Gasteiger partial charge in [-0.3, -0.25) is 0 Å². The van der Waals surface area contributed by atoms with Crippen molar-refractivity contribution in [1.29, 1.82) is 0 Å². The zero-order valence-corrected chi connectivity index (χ0v) is 20.2. The molecular weight excluding hydrogens is 476 g/mol. The fourth-order valence-corrected chi connectivity index (χ4v) is 4.92. The monoisotopic (exact) mass is 502 g/mol. The normalized spacial score (nSPS) is 24.7. The van der Waals surface area contributed by atoms with Crippen LogP contribution in [-0.2, 0) is 11.2 Å². The van der Waals surface area contributed by atoms with Gasteiger partial charge in [-0.1, -0.05) is 47.6 Å². The summed E-state index contributed by atoms with van der Waals surface area (Å²) in [6.45, 7) is 2.55. The van der Waals surface area contributed by atoms with Crippen LogP contribution in [0.3, 0.4) is 0 Å². The summed E-state index contributed by atoms with van der Waals surface area (Å²) in [5.74, 6) is 1.13. The zero-order chi connectivity index (χ0) is 24.1. The molecule has 1 aliphatic rings. The molecule has 180 valence electrons. The molecule has 0 aliphatic carbocycles. The number of nitrogens with zero attached hydrogens (tertiary/aromatic N) is 2. The van der Waals surface area contributed by atoms with E-state index in [4.69, 9.17) is 21.1 Å². The summed E-state index contributed by atoms with van der Waals surface area (Å²) in [7, 11) is 0. The smallest absolute Gasteiger partial charge is 0.187 e. The van der Waals surface area contributed by atoms with E-state index >= 15 is 0 Å². The highest BCUT2D eigenvalue weighted by atomic mass is 35.5. The first-order valence-electron chi connectivity index (χ1n) is 11.1. The van der Waals surface area contributed by atoms with Gasteiger partial charge in [0.15, 0.2) is 5.16 Å². The lowest BCUT2D eigenvalue weighted by Crippen LogP contribution is -2.54. The Morgan fingerprint density at radius 2 is 1.74 bits per heavy atom. The topological polar surface area (TPSA) is 105 Å². The number of hydrogen-bond acceptors (Lipinski definition) is 8. The van der Waals surface area contributed by atoms with Crippen LogP contribution in [0.1, 0.15) is 29.7 Å². The van der Waals surface area contributed by atoms with Gasteiger partial charge in [0.1, 0.15) is 30.2 Å². The molecule has 9 heteroatoms. The molecule has 1 fully saturated rings. The fourth-order valence-electron chi connectivity index (χ4n) is 3.88. The van der Waals surface area contributed by atoms with Gasteiger partial charge in [-0.25, -0.2) is 9.97 Å². The van der Waals surface area contributed by atoms with Gasteiger partial charge in [-0.05, 0) is 54.3 Å². The Morgan fingerprint density at radius 1 is 1.00 bits per heavy atom. The van der Waals surface area contributed by atoms with Gasteiger partial charge in [-0.2, -0.15) is 0 Å². The maximum Gasteiger partial charge on any atom is 0.187 e. The number of aromatic nitrogens is 2. The second-order valence-corrected chi connectivity index (χ2v) is 9.41. The van der Waals surface area contributed by atoms with Crippen LogP contribution in [0.25, 0.3) is 0 Å². The third-order valence-electron chi connectivity index (χ3n) is 5.66. The zero-order valence-electron chi connectivity index (χ0n) is 18.6. The number of halogens is 1. The van der Waals surface area contributed by atoms with Crippen molar-refractivity contribution in [2.45, 2.75) is 49.0 Å². The van der Waals surface area contributed by atoms with Crippen molar-refractivity contribution >= 4 is 23.4 Å². The number of aliphatic hydroxyl groups excluding tert-OH is 3. The third kappa shape index (κ3) is 5.89. The molecule has 0 saturated carbocycles. The predicted octanol–water partition coefficient (Wildman–Crippen LogP) is 3.43. The Hall–Kier alpha value is -2.20. The highest BCUT2D eigenvalue weighted by Crippen LogP contribution is 2.36. The highest BCUT2D eigenvalue weighted by molar-refractivity contribution is 7.99. The van der Waals surface area contributed by atoms with Gasteiger partial charge < -0.3 is 24.8 Å². The minimum absolute atomic E-state index is 0.318. The lowest BCUT2D eigenvalue weighted by Gasteiger charge is -2.41. The van der Waals surface area contributed by atoms with E-state index in [1.54, 1.807) is 30.6 Å². The molecule has 0 bridgehead atoms. The lowest BCUT2D eigenvalue weighted by atomic mass is 9.90. The first-order chi connectivity index (χ1) is 16.5. The van der Waals surface area contributed by atoms with Crippen LogP contribution in [0.2, 0.25) is 5.02 Å². The van der Waals surface area contributed by atoms with E-state index in [9.17, 15) is 15.3 Å². The summed E-state index contributed by atoms with van der Waals surface area (Å²) >= 11 is 7.78. The van der Waals surface area contributed by atoms with Crippen molar-refractivity contribution in [2.75, 3.05) is 12.4 Å². The Labute approximate surface area is 207 Å². The second kappa shape index (κ2) is 11.5. The number of aliphatic hydroxyl groups is 3. The van der Waals surface area contributed by atoms with E-state index < -0.39 is 30.5 Å². The van der Waals surface area contributed by atoms with Crippen LogP contribution >= 0.6 is 23.4 Å². The molecule has 1 aliphatic heterocycles. The minimum atomic E-state index is -1.36. The molecule has 5 unspecified atom stereocenters. The SMILES string of the molecule is CCOc1ccc(Cc2cc(C3OC(CSc4ncccn4)C(O)C(O)C3O)ccc2Cl)cc1. The van der Waals surface area contributed by atoms with E-state index in [1.807, 2.05) is 37.3 Å². The standard InChI is InChI=1S/C25H27ClN2O5S/c1-2-32-18-7-4-15(5-8-18)12-17-13-16(6-9-19(17)26)24-23(31)22(30)21(29)20(33-24)14-34-25-27-10-3-11-28-25/h3-11,13,20-24,29-31H,2,12,14H2,1H3. The van der Waals surface area contributed by atoms with E-state index in [-0.39, 0.29) is 0 Å². The van der Waals surface area contributed by atoms with Gasteiger partial charge >= 0.3 is 0 Å². The molecular formula is C25H27ClN2O5S. The number of hydrogen-bond donors (Lipinski definition) is 3.